The van der Waals surface area contributed by atoms with Crippen LogP contribution in [-0.4, -0.2) is 51.5 Å². The largest absolute Gasteiger partial charge is 0.491 e. The smallest absolute Gasteiger partial charge is 0.407 e. The molecule has 194 valence electrons. The van der Waals surface area contributed by atoms with Crippen LogP contribution in [0, 0.1) is 5.82 Å². The molecule has 3 aromatic rings. The van der Waals surface area contributed by atoms with Gasteiger partial charge >= 0.3 is 12.1 Å². The van der Waals surface area contributed by atoms with Crippen molar-refractivity contribution in [2.75, 3.05) is 18.5 Å². The highest BCUT2D eigenvalue weighted by Crippen LogP contribution is 2.22. The van der Waals surface area contributed by atoms with Crippen molar-refractivity contribution < 1.29 is 28.2 Å². The molecule has 0 spiro atoms. The number of alkyl carbamates (subject to hydrolysis) is 1. The molecule has 1 atom stereocenters. The van der Waals surface area contributed by atoms with Crippen molar-refractivity contribution in [1.29, 1.82) is 0 Å². The Morgan fingerprint density at radius 1 is 1.19 bits per heavy atom. The lowest BCUT2D eigenvalue weighted by Gasteiger charge is -2.23. The quantitative estimate of drug-likeness (QED) is 0.394. The average Bonchev–Trinajstić information content (AvgIpc) is 3.23. The zero-order chi connectivity index (χ0) is 26.3. The monoisotopic (exact) mass is 501 g/mol. The van der Waals surface area contributed by atoms with Gasteiger partial charge in [-0.1, -0.05) is 6.92 Å². The third kappa shape index (κ3) is 7.30. The van der Waals surface area contributed by atoms with Gasteiger partial charge in [0.25, 0.3) is 0 Å². The summed E-state index contributed by atoms with van der Waals surface area (Å²) in [7, 11) is 0. The molecule has 1 amide bonds. The standard InChI is InChI=1S/C25H32FN5O5/c1-6-18(29-24(33)36-25(3,4)5)15-35-20-9-8-17(26)12-16(20)13-27-21-10-11-31-22(30-21)19(14-28-31)23(32)34-7-2/h8-12,14,18H,6-7,13,15H2,1-5H3,(H,27,30)(H,29,33)/t18-/m1/s1. The molecule has 2 N–H and O–H groups in total. The van der Waals surface area contributed by atoms with Crippen LogP contribution in [-0.2, 0) is 16.0 Å². The van der Waals surface area contributed by atoms with Gasteiger partial charge in [-0.3, -0.25) is 0 Å². The maximum Gasteiger partial charge on any atom is 0.407 e. The Balaban J connectivity index is 1.68. The number of nitrogens with one attached hydrogen (secondary N) is 2. The van der Waals surface area contributed by atoms with E-state index in [1.54, 1.807) is 46.0 Å². The number of benzene rings is 1. The first-order valence-corrected chi connectivity index (χ1v) is 11.8. The number of aromatic nitrogens is 3. The predicted octanol–water partition coefficient (Wildman–Crippen LogP) is 4.34. The SMILES string of the molecule is CCOC(=O)c1cnn2ccc(NCc3cc(F)ccc3OC[C@@H](CC)NC(=O)OC(C)(C)C)nc12. The lowest BCUT2D eigenvalue weighted by molar-refractivity contribution is 0.0483. The van der Waals surface area contributed by atoms with E-state index in [2.05, 4.69) is 20.7 Å². The summed E-state index contributed by atoms with van der Waals surface area (Å²) in [5.41, 5.74) is 0.541. The molecule has 0 bridgehead atoms. The Labute approximate surface area is 209 Å². The molecule has 0 aliphatic carbocycles. The molecule has 11 heteroatoms. The van der Waals surface area contributed by atoms with Gasteiger partial charge in [0.05, 0.1) is 18.8 Å². The van der Waals surface area contributed by atoms with Gasteiger partial charge in [-0.05, 0) is 58.4 Å². The summed E-state index contributed by atoms with van der Waals surface area (Å²) in [6.07, 6.45) is 3.15. The van der Waals surface area contributed by atoms with E-state index < -0.39 is 23.5 Å². The van der Waals surface area contributed by atoms with Gasteiger partial charge in [-0.2, -0.15) is 5.10 Å². The molecule has 10 nitrogen and oxygen atoms in total. The number of esters is 1. The van der Waals surface area contributed by atoms with Crippen LogP contribution in [0.3, 0.4) is 0 Å². The Kier molecular flexibility index (Phi) is 8.68. The number of halogens is 1. The predicted molar refractivity (Wildman–Crippen MR) is 132 cm³/mol. The van der Waals surface area contributed by atoms with E-state index in [4.69, 9.17) is 14.2 Å². The molecule has 0 saturated heterocycles. The van der Waals surface area contributed by atoms with Crippen molar-refractivity contribution in [3.8, 4) is 5.75 Å². The first kappa shape index (κ1) is 26.7. The molecule has 3 rings (SSSR count). The number of nitrogens with zero attached hydrogens (tertiary/aromatic N) is 3. The van der Waals surface area contributed by atoms with Gasteiger partial charge < -0.3 is 24.8 Å². The lowest BCUT2D eigenvalue weighted by atomic mass is 10.2. The number of fused-ring (bicyclic) bond motifs is 1. The van der Waals surface area contributed by atoms with Crippen molar-refractivity contribution in [2.24, 2.45) is 0 Å². The van der Waals surface area contributed by atoms with Gasteiger partial charge in [-0.25, -0.2) is 23.5 Å². The number of anilines is 1. The molecule has 36 heavy (non-hydrogen) atoms. The Morgan fingerprint density at radius 3 is 2.67 bits per heavy atom. The molecule has 0 radical (unpaired) electrons. The number of carbonyl (C=O) groups excluding carboxylic acids is 2. The lowest BCUT2D eigenvalue weighted by Crippen LogP contribution is -2.41. The maximum absolute atomic E-state index is 14.0. The second kappa shape index (κ2) is 11.7. The van der Waals surface area contributed by atoms with E-state index in [9.17, 15) is 14.0 Å². The van der Waals surface area contributed by atoms with Crippen LogP contribution >= 0.6 is 0 Å². The van der Waals surface area contributed by atoms with E-state index in [1.807, 2.05) is 6.92 Å². The number of rotatable bonds is 10. The summed E-state index contributed by atoms with van der Waals surface area (Å²) in [6, 6.07) is 5.61. The third-order valence-corrected chi connectivity index (χ3v) is 5.00. The van der Waals surface area contributed by atoms with Gasteiger partial charge in [0.15, 0.2) is 5.65 Å². The zero-order valence-electron chi connectivity index (χ0n) is 21.1. The Morgan fingerprint density at radius 2 is 1.97 bits per heavy atom. The Hall–Kier alpha value is -3.89. The number of amides is 1. The van der Waals surface area contributed by atoms with Crippen molar-refractivity contribution >= 4 is 23.5 Å². The molecule has 1 aromatic carbocycles. The first-order valence-electron chi connectivity index (χ1n) is 11.8. The maximum atomic E-state index is 14.0. The molecule has 0 saturated carbocycles. The van der Waals surface area contributed by atoms with Crippen LogP contribution in [0.25, 0.3) is 5.65 Å². The van der Waals surface area contributed by atoms with Crippen molar-refractivity contribution in [2.45, 2.75) is 59.2 Å². The highest BCUT2D eigenvalue weighted by molar-refractivity contribution is 5.95. The van der Waals surface area contributed by atoms with Crippen molar-refractivity contribution in [1.82, 2.24) is 19.9 Å². The van der Waals surface area contributed by atoms with Crippen LogP contribution in [0.4, 0.5) is 15.0 Å². The average molecular weight is 502 g/mol. The minimum Gasteiger partial charge on any atom is -0.491 e. The zero-order valence-corrected chi connectivity index (χ0v) is 21.1. The fourth-order valence-corrected chi connectivity index (χ4v) is 3.26. The summed E-state index contributed by atoms with van der Waals surface area (Å²) in [5, 5.41) is 10.0. The molecule has 2 heterocycles. The summed E-state index contributed by atoms with van der Waals surface area (Å²) >= 11 is 0. The van der Waals surface area contributed by atoms with E-state index in [0.717, 1.165) is 0 Å². The summed E-state index contributed by atoms with van der Waals surface area (Å²) in [6.45, 7) is 9.63. The number of ether oxygens (including phenoxy) is 3. The molecule has 0 aliphatic rings. The summed E-state index contributed by atoms with van der Waals surface area (Å²) in [5.74, 6) is -0.00178. The number of hydrogen-bond donors (Lipinski definition) is 2. The molecule has 0 fully saturated rings. The fraction of sp³-hybridized carbons (Fsp3) is 0.440. The summed E-state index contributed by atoms with van der Waals surface area (Å²) in [4.78, 5) is 28.7. The molecular weight excluding hydrogens is 469 g/mol. The van der Waals surface area contributed by atoms with Gasteiger partial charge in [-0.15, -0.1) is 0 Å². The van der Waals surface area contributed by atoms with Crippen molar-refractivity contribution in [3.05, 3.63) is 53.6 Å². The summed E-state index contributed by atoms with van der Waals surface area (Å²) < 4.78 is 31.8. The molecule has 0 unspecified atom stereocenters. The highest BCUT2D eigenvalue weighted by atomic mass is 19.1. The van der Waals surface area contributed by atoms with E-state index in [0.29, 0.717) is 29.2 Å². The van der Waals surface area contributed by atoms with Crippen LogP contribution in [0.5, 0.6) is 5.75 Å². The minimum absolute atomic E-state index is 0.178. The van der Waals surface area contributed by atoms with Crippen LogP contribution in [0.2, 0.25) is 0 Å². The van der Waals surface area contributed by atoms with Crippen molar-refractivity contribution in [3.63, 3.8) is 0 Å². The second-order valence-electron chi connectivity index (χ2n) is 9.03. The molecular formula is C25H32FN5O5. The Bertz CT molecular complexity index is 1210. The van der Waals surface area contributed by atoms with Gasteiger partial charge in [0.1, 0.15) is 35.2 Å². The van der Waals surface area contributed by atoms with Crippen LogP contribution in [0.15, 0.2) is 36.7 Å². The van der Waals surface area contributed by atoms with Gasteiger partial charge in [0.2, 0.25) is 0 Å². The molecule has 2 aromatic heterocycles. The van der Waals surface area contributed by atoms with E-state index >= 15 is 0 Å². The van der Waals surface area contributed by atoms with Crippen LogP contribution in [0.1, 0.15) is 57.0 Å². The normalized spacial score (nSPS) is 12.2. The fourth-order valence-electron chi connectivity index (χ4n) is 3.26. The number of carbonyl (C=O) groups is 2. The third-order valence-electron chi connectivity index (χ3n) is 5.00. The van der Waals surface area contributed by atoms with Crippen LogP contribution < -0.4 is 15.4 Å². The topological polar surface area (TPSA) is 116 Å². The first-order chi connectivity index (χ1) is 17.1. The minimum atomic E-state index is -0.607. The number of hydrogen-bond acceptors (Lipinski definition) is 8. The van der Waals surface area contributed by atoms with E-state index in [-0.39, 0.29) is 31.4 Å². The second-order valence-corrected chi connectivity index (χ2v) is 9.03. The highest BCUT2D eigenvalue weighted by Gasteiger charge is 2.20. The molecule has 0 aliphatic heterocycles. The van der Waals surface area contributed by atoms with E-state index in [1.165, 1.54) is 22.8 Å². The van der Waals surface area contributed by atoms with Gasteiger partial charge in [0, 0.05) is 18.3 Å².